The van der Waals surface area contributed by atoms with Crippen molar-refractivity contribution >= 4 is 33.2 Å². The molecule has 0 aliphatic rings. The molecule has 1 amide bonds. The maximum Gasteiger partial charge on any atom is 0.242 e. The van der Waals surface area contributed by atoms with Gasteiger partial charge in [0.1, 0.15) is 12.1 Å². The number of imidazole rings is 1. The number of fused-ring (bicyclic) bond motifs is 2. The van der Waals surface area contributed by atoms with Crippen molar-refractivity contribution in [2.24, 2.45) is 0 Å². The minimum absolute atomic E-state index is 0.119. The molecule has 4 rings (SSSR count). The molecule has 110 valence electrons. The van der Waals surface area contributed by atoms with Gasteiger partial charge in [-0.3, -0.25) is 9.20 Å². The molecule has 0 aliphatic carbocycles. The predicted octanol–water partition coefficient (Wildman–Crippen LogP) is 1.46. The lowest BCUT2D eigenvalue weighted by molar-refractivity contribution is -0.122. The summed E-state index contributed by atoms with van der Waals surface area (Å²) in [7, 11) is 0. The van der Waals surface area contributed by atoms with Gasteiger partial charge in [-0.25, -0.2) is 9.67 Å². The zero-order chi connectivity index (χ0) is 14.9. The van der Waals surface area contributed by atoms with Gasteiger partial charge in [0.25, 0.3) is 0 Å². The lowest BCUT2D eigenvalue weighted by Crippen LogP contribution is -2.27. The number of nitrogens with zero attached hydrogens (tertiary/aromatic N) is 5. The lowest BCUT2D eigenvalue weighted by atomic mass is 10.3. The Morgan fingerprint density at radius 2 is 2.23 bits per heavy atom. The summed E-state index contributed by atoms with van der Waals surface area (Å²) in [4.78, 5) is 17.4. The maximum atomic E-state index is 12.0. The third-order valence-electron chi connectivity index (χ3n) is 3.32. The van der Waals surface area contributed by atoms with Crippen molar-refractivity contribution in [1.29, 1.82) is 0 Å². The molecular formula is C14H12N6OS. The summed E-state index contributed by atoms with van der Waals surface area (Å²) in [6.07, 6.45) is 3.86. The molecule has 4 aromatic rings. The smallest absolute Gasteiger partial charge is 0.242 e. The van der Waals surface area contributed by atoms with E-state index >= 15 is 0 Å². The minimum Gasteiger partial charge on any atom is -0.349 e. The topological polar surface area (TPSA) is 77.1 Å². The molecule has 7 nitrogen and oxygen atoms in total. The number of para-hydroxylation sites is 1. The Morgan fingerprint density at radius 1 is 1.32 bits per heavy atom. The van der Waals surface area contributed by atoms with E-state index in [1.54, 1.807) is 16.0 Å². The van der Waals surface area contributed by atoms with Gasteiger partial charge < -0.3 is 5.32 Å². The molecule has 1 N–H and O–H groups in total. The second kappa shape index (κ2) is 5.23. The van der Waals surface area contributed by atoms with Gasteiger partial charge in [-0.1, -0.05) is 17.3 Å². The standard InChI is InChI=1S/C14H12N6OS/c21-13(9-20-12-4-2-1-3-11(12)17-18-20)15-7-10-8-19-5-6-22-14(19)16-10/h1-6,8H,7,9H2,(H,15,21). The highest BCUT2D eigenvalue weighted by atomic mass is 32.1. The zero-order valence-corrected chi connectivity index (χ0v) is 12.3. The van der Waals surface area contributed by atoms with Crippen LogP contribution in [0.25, 0.3) is 16.0 Å². The van der Waals surface area contributed by atoms with Crippen LogP contribution in [-0.4, -0.2) is 30.3 Å². The summed E-state index contributed by atoms with van der Waals surface area (Å²) in [6, 6.07) is 7.56. The summed E-state index contributed by atoms with van der Waals surface area (Å²) >= 11 is 1.56. The minimum atomic E-state index is -0.119. The van der Waals surface area contributed by atoms with Crippen LogP contribution in [-0.2, 0) is 17.9 Å². The molecule has 0 atom stereocenters. The first kappa shape index (κ1) is 13.0. The summed E-state index contributed by atoms with van der Waals surface area (Å²) in [5.74, 6) is -0.119. The first-order valence-electron chi connectivity index (χ1n) is 6.75. The second-order valence-electron chi connectivity index (χ2n) is 4.84. The fourth-order valence-electron chi connectivity index (χ4n) is 2.28. The summed E-state index contributed by atoms with van der Waals surface area (Å²) in [5, 5.41) is 12.9. The molecule has 0 aliphatic heterocycles. The van der Waals surface area contributed by atoms with Gasteiger partial charge in [0.2, 0.25) is 5.91 Å². The van der Waals surface area contributed by atoms with Crippen molar-refractivity contribution < 1.29 is 4.79 Å². The number of thiazole rings is 1. The first-order valence-corrected chi connectivity index (χ1v) is 7.63. The molecule has 0 unspecified atom stereocenters. The molecule has 8 heteroatoms. The SMILES string of the molecule is O=C(Cn1nnc2ccccc21)NCc1cn2ccsc2n1. The van der Waals surface area contributed by atoms with Gasteiger partial charge in [0.05, 0.1) is 17.8 Å². The predicted molar refractivity (Wildman–Crippen MR) is 82.4 cm³/mol. The summed E-state index contributed by atoms with van der Waals surface area (Å²) in [6.45, 7) is 0.544. The van der Waals surface area contributed by atoms with Crippen LogP contribution >= 0.6 is 11.3 Å². The van der Waals surface area contributed by atoms with Crippen LogP contribution in [0.4, 0.5) is 0 Å². The van der Waals surface area contributed by atoms with E-state index in [0.29, 0.717) is 6.54 Å². The Hall–Kier alpha value is -2.74. The van der Waals surface area contributed by atoms with Crippen molar-refractivity contribution in [2.75, 3.05) is 0 Å². The third-order valence-corrected chi connectivity index (χ3v) is 4.09. The molecule has 0 saturated carbocycles. The second-order valence-corrected chi connectivity index (χ2v) is 5.71. The van der Waals surface area contributed by atoms with Gasteiger partial charge >= 0.3 is 0 Å². The number of nitrogens with one attached hydrogen (secondary N) is 1. The largest absolute Gasteiger partial charge is 0.349 e. The van der Waals surface area contributed by atoms with E-state index in [0.717, 1.165) is 21.7 Å². The molecule has 0 bridgehead atoms. The summed E-state index contributed by atoms with van der Waals surface area (Å²) in [5.41, 5.74) is 2.47. The van der Waals surface area contributed by atoms with E-state index in [4.69, 9.17) is 0 Å². The Balaban J connectivity index is 1.43. The van der Waals surface area contributed by atoms with Crippen LogP contribution in [0.15, 0.2) is 42.0 Å². The van der Waals surface area contributed by atoms with Gasteiger partial charge in [0.15, 0.2) is 4.96 Å². The maximum absolute atomic E-state index is 12.0. The number of aromatic nitrogens is 5. The monoisotopic (exact) mass is 312 g/mol. The molecule has 0 fully saturated rings. The Kier molecular flexibility index (Phi) is 3.08. The van der Waals surface area contributed by atoms with E-state index < -0.39 is 0 Å². The van der Waals surface area contributed by atoms with E-state index in [1.165, 1.54) is 0 Å². The number of benzene rings is 1. The van der Waals surface area contributed by atoms with Crippen LogP contribution < -0.4 is 5.32 Å². The van der Waals surface area contributed by atoms with Crippen LogP contribution in [0.2, 0.25) is 0 Å². The Labute approximate surface area is 129 Å². The van der Waals surface area contributed by atoms with Gasteiger partial charge in [-0.15, -0.1) is 16.4 Å². The van der Waals surface area contributed by atoms with Crippen LogP contribution in [0.1, 0.15) is 5.69 Å². The van der Waals surface area contributed by atoms with E-state index in [2.05, 4.69) is 20.6 Å². The van der Waals surface area contributed by atoms with Crippen molar-refractivity contribution in [2.45, 2.75) is 13.1 Å². The lowest BCUT2D eigenvalue weighted by Gasteiger charge is -2.03. The summed E-state index contributed by atoms with van der Waals surface area (Å²) < 4.78 is 3.54. The fourth-order valence-corrected chi connectivity index (χ4v) is 3.00. The average Bonchev–Trinajstić information content (AvgIpc) is 3.20. The Bertz CT molecular complexity index is 924. The molecule has 22 heavy (non-hydrogen) atoms. The highest BCUT2D eigenvalue weighted by Gasteiger charge is 2.09. The van der Waals surface area contributed by atoms with Gasteiger partial charge in [0, 0.05) is 17.8 Å². The normalized spacial score (nSPS) is 11.3. The highest BCUT2D eigenvalue weighted by molar-refractivity contribution is 7.15. The average molecular weight is 312 g/mol. The number of carbonyl (C=O) groups excluding carboxylic acids is 1. The zero-order valence-electron chi connectivity index (χ0n) is 11.5. The number of hydrogen-bond acceptors (Lipinski definition) is 5. The first-order chi connectivity index (χ1) is 10.8. The number of amides is 1. The van der Waals surface area contributed by atoms with Crippen LogP contribution in [0, 0.1) is 0 Å². The molecule has 3 heterocycles. The quantitative estimate of drug-likeness (QED) is 0.619. The molecule has 0 spiro atoms. The molecular weight excluding hydrogens is 300 g/mol. The Morgan fingerprint density at radius 3 is 3.14 bits per heavy atom. The van der Waals surface area contributed by atoms with Crippen molar-refractivity contribution in [3.05, 3.63) is 47.7 Å². The van der Waals surface area contributed by atoms with Gasteiger partial charge in [-0.2, -0.15) is 0 Å². The number of carbonyl (C=O) groups is 1. The number of hydrogen-bond donors (Lipinski definition) is 1. The van der Waals surface area contributed by atoms with E-state index in [-0.39, 0.29) is 12.5 Å². The highest BCUT2D eigenvalue weighted by Crippen LogP contribution is 2.11. The molecule has 3 aromatic heterocycles. The van der Waals surface area contributed by atoms with Crippen molar-refractivity contribution in [3.8, 4) is 0 Å². The fraction of sp³-hybridized carbons (Fsp3) is 0.143. The van der Waals surface area contributed by atoms with Crippen LogP contribution in [0.5, 0.6) is 0 Å². The molecule has 1 aromatic carbocycles. The third kappa shape index (κ3) is 2.33. The van der Waals surface area contributed by atoms with Gasteiger partial charge in [-0.05, 0) is 12.1 Å². The number of rotatable bonds is 4. The van der Waals surface area contributed by atoms with Crippen molar-refractivity contribution in [3.63, 3.8) is 0 Å². The molecule has 0 saturated heterocycles. The van der Waals surface area contributed by atoms with E-state index in [9.17, 15) is 4.79 Å². The van der Waals surface area contributed by atoms with Crippen molar-refractivity contribution in [1.82, 2.24) is 29.7 Å². The van der Waals surface area contributed by atoms with Crippen LogP contribution in [0.3, 0.4) is 0 Å². The van der Waals surface area contributed by atoms with E-state index in [1.807, 2.05) is 46.4 Å². The molecule has 0 radical (unpaired) electrons.